The molecule has 0 bridgehead atoms. The first-order valence-electron chi connectivity index (χ1n) is 5.88. The van der Waals surface area contributed by atoms with Crippen molar-refractivity contribution in [2.24, 2.45) is 5.73 Å². The predicted octanol–water partition coefficient (Wildman–Crippen LogP) is 2.59. The molecule has 0 heterocycles. The lowest BCUT2D eigenvalue weighted by Crippen LogP contribution is -2.51. The van der Waals surface area contributed by atoms with E-state index in [1.165, 1.54) is 11.1 Å². The Morgan fingerprint density at radius 1 is 1.19 bits per heavy atom. The van der Waals surface area contributed by atoms with Crippen molar-refractivity contribution in [2.45, 2.75) is 38.8 Å². The second-order valence-corrected chi connectivity index (χ2v) is 5.32. The Hall–Kier alpha value is -0.860. The largest absolute Gasteiger partial charge is 0.313 e. The number of nitrogens with two attached hydrogens (primary N) is 1. The van der Waals surface area contributed by atoms with Gasteiger partial charge in [-0.1, -0.05) is 38.1 Å². The normalized spacial score (nSPS) is 15.5. The molecule has 0 amide bonds. The molecular weight excluding hydrogens is 196 g/mol. The van der Waals surface area contributed by atoms with Crippen LogP contribution in [0, 0.1) is 0 Å². The Labute approximate surface area is 99.5 Å². The molecule has 0 spiro atoms. The minimum Gasteiger partial charge on any atom is -0.313 e. The first-order chi connectivity index (χ1) is 7.33. The quantitative estimate of drug-likeness (QED) is 0.790. The van der Waals surface area contributed by atoms with Crippen LogP contribution in [0.1, 0.15) is 37.8 Å². The molecule has 2 nitrogen and oxygen atoms in total. The molecule has 2 heteroatoms. The van der Waals surface area contributed by atoms with Gasteiger partial charge in [0.25, 0.3) is 0 Å². The van der Waals surface area contributed by atoms with E-state index < -0.39 is 0 Å². The highest BCUT2D eigenvalue weighted by atomic mass is 15.2. The maximum Gasteiger partial charge on any atom is 0.0694 e. The molecule has 0 aromatic heterocycles. The Morgan fingerprint density at radius 2 is 1.69 bits per heavy atom. The Bertz CT molecular complexity index is 323. The van der Waals surface area contributed by atoms with Gasteiger partial charge in [-0.25, -0.2) is 0 Å². The van der Waals surface area contributed by atoms with Gasteiger partial charge >= 0.3 is 0 Å². The van der Waals surface area contributed by atoms with Crippen LogP contribution in [0.25, 0.3) is 0 Å². The molecule has 1 aromatic carbocycles. The fourth-order valence-electron chi connectivity index (χ4n) is 1.59. The first kappa shape index (κ1) is 13.2. The van der Waals surface area contributed by atoms with E-state index in [0.717, 1.165) is 6.42 Å². The number of likely N-dealkylation sites (N-methyl/N-ethyl adjacent to an activating group) is 1. The lowest BCUT2D eigenvalue weighted by Gasteiger charge is -2.32. The molecule has 90 valence electrons. The van der Waals surface area contributed by atoms with Crippen LogP contribution in [0.2, 0.25) is 0 Å². The van der Waals surface area contributed by atoms with Gasteiger partial charge in [-0.15, -0.1) is 0 Å². The minimum absolute atomic E-state index is 0.278. The summed E-state index contributed by atoms with van der Waals surface area (Å²) in [6.45, 7) is 6.48. The zero-order valence-electron chi connectivity index (χ0n) is 11.1. The van der Waals surface area contributed by atoms with Gasteiger partial charge in [0.05, 0.1) is 5.66 Å². The summed E-state index contributed by atoms with van der Waals surface area (Å²) in [5.41, 5.74) is 8.61. The molecular formula is C14H24N2. The summed E-state index contributed by atoms with van der Waals surface area (Å²) in [4.78, 5) is 2.06. The van der Waals surface area contributed by atoms with Gasteiger partial charge in [-0.2, -0.15) is 0 Å². The van der Waals surface area contributed by atoms with Crippen molar-refractivity contribution in [1.82, 2.24) is 4.90 Å². The van der Waals surface area contributed by atoms with Crippen LogP contribution in [0.15, 0.2) is 24.3 Å². The summed E-state index contributed by atoms with van der Waals surface area (Å²) in [5, 5.41) is 0. The molecule has 0 saturated carbocycles. The lowest BCUT2D eigenvalue weighted by molar-refractivity contribution is 0.180. The van der Waals surface area contributed by atoms with Gasteiger partial charge in [-0.05, 0) is 38.1 Å². The fraction of sp³-hybridized carbons (Fsp3) is 0.571. The number of rotatable bonds is 4. The molecule has 0 aliphatic heterocycles. The van der Waals surface area contributed by atoms with Gasteiger partial charge in [0.15, 0.2) is 0 Å². The van der Waals surface area contributed by atoms with Crippen molar-refractivity contribution in [2.75, 3.05) is 14.1 Å². The van der Waals surface area contributed by atoms with E-state index in [4.69, 9.17) is 5.73 Å². The van der Waals surface area contributed by atoms with E-state index in [0.29, 0.717) is 5.92 Å². The van der Waals surface area contributed by atoms with E-state index in [1.54, 1.807) is 0 Å². The standard InChI is InChI=1S/C14H24N2/c1-11(2)13-8-6-12(7-9-13)10-14(3,15)16(4)5/h6-9,11H,10,15H2,1-5H3. The lowest BCUT2D eigenvalue weighted by atomic mass is 9.97. The molecule has 0 aliphatic rings. The third-order valence-electron chi connectivity index (χ3n) is 3.23. The Kier molecular flexibility index (Phi) is 4.11. The van der Waals surface area contributed by atoms with Crippen LogP contribution in [0.5, 0.6) is 0 Å². The average molecular weight is 220 g/mol. The van der Waals surface area contributed by atoms with Gasteiger partial charge in [0.1, 0.15) is 0 Å². The number of nitrogens with zero attached hydrogens (tertiary/aromatic N) is 1. The summed E-state index contributed by atoms with van der Waals surface area (Å²) in [6.07, 6.45) is 0.873. The monoisotopic (exact) mass is 220 g/mol. The highest BCUT2D eigenvalue weighted by molar-refractivity contribution is 5.25. The molecule has 0 aliphatic carbocycles. The van der Waals surface area contributed by atoms with Gasteiger partial charge in [0, 0.05) is 6.42 Å². The van der Waals surface area contributed by atoms with Crippen molar-refractivity contribution < 1.29 is 0 Å². The first-order valence-corrected chi connectivity index (χ1v) is 5.88. The average Bonchev–Trinajstić information content (AvgIpc) is 2.17. The molecule has 1 rings (SSSR count). The maximum atomic E-state index is 6.22. The number of hydrogen-bond donors (Lipinski definition) is 1. The third kappa shape index (κ3) is 3.32. The zero-order chi connectivity index (χ0) is 12.3. The Morgan fingerprint density at radius 3 is 2.06 bits per heavy atom. The van der Waals surface area contributed by atoms with E-state index in [2.05, 4.69) is 49.9 Å². The van der Waals surface area contributed by atoms with E-state index >= 15 is 0 Å². The minimum atomic E-state index is -0.278. The predicted molar refractivity (Wildman–Crippen MR) is 70.5 cm³/mol. The van der Waals surface area contributed by atoms with Crippen molar-refractivity contribution in [3.05, 3.63) is 35.4 Å². The molecule has 0 radical (unpaired) electrons. The smallest absolute Gasteiger partial charge is 0.0694 e. The van der Waals surface area contributed by atoms with Crippen molar-refractivity contribution >= 4 is 0 Å². The summed E-state index contributed by atoms with van der Waals surface area (Å²) in [6, 6.07) is 8.77. The van der Waals surface area contributed by atoms with Crippen LogP contribution >= 0.6 is 0 Å². The molecule has 1 unspecified atom stereocenters. The fourth-order valence-corrected chi connectivity index (χ4v) is 1.59. The van der Waals surface area contributed by atoms with Crippen molar-refractivity contribution in [3.63, 3.8) is 0 Å². The molecule has 1 aromatic rings. The maximum absolute atomic E-state index is 6.22. The molecule has 2 N–H and O–H groups in total. The van der Waals surface area contributed by atoms with Crippen LogP contribution in [-0.4, -0.2) is 24.7 Å². The van der Waals surface area contributed by atoms with Crippen LogP contribution in [0.3, 0.4) is 0 Å². The summed E-state index contributed by atoms with van der Waals surface area (Å²) < 4.78 is 0. The number of benzene rings is 1. The highest BCUT2D eigenvalue weighted by Gasteiger charge is 2.21. The molecule has 0 saturated heterocycles. The van der Waals surface area contributed by atoms with Crippen LogP contribution in [-0.2, 0) is 6.42 Å². The summed E-state index contributed by atoms with van der Waals surface area (Å²) in [5.74, 6) is 0.590. The van der Waals surface area contributed by atoms with Crippen molar-refractivity contribution in [3.8, 4) is 0 Å². The van der Waals surface area contributed by atoms with Crippen molar-refractivity contribution in [1.29, 1.82) is 0 Å². The second-order valence-electron chi connectivity index (χ2n) is 5.32. The second kappa shape index (κ2) is 4.98. The van der Waals surface area contributed by atoms with Crippen LogP contribution in [0.4, 0.5) is 0 Å². The summed E-state index contributed by atoms with van der Waals surface area (Å²) >= 11 is 0. The van der Waals surface area contributed by atoms with E-state index in [9.17, 15) is 0 Å². The molecule has 1 atom stereocenters. The Balaban J connectivity index is 2.76. The van der Waals surface area contributed by atoms with Gasteiger partial charge in [0.2, 0.25) is 0 Å². The highest BCUT2D eigenvalue weighted by Crippen LogP contribution is 2.17. The van der Waals surface area contributed by atoms with Gasteiger partial charge in [-0.3, -0.25) is 4.90 Å². The molecule has 16 heavy (non-hydrogen) atoms. The third-order valence-corrected chi connectivity index (χ3v) is 3.23. The van der Waals surface area contributed by atoms with Gasteiger partial charge < -0.3 is 5.73 Å². The molecule has 0 fully saturated rings. The van der Waals surface area contributed by atoms with Crippen LogP contribution < -0.4 is 5.73 Å². The zero-order valence-corrected chi connectivity index (χ0v) is 11.1. The van der Waals surface area contributed by atoms with E-state index in [1.807, 2.05) is 14.1 Å². The summed E-state index contributed by atoms with van der Waals surface area (Å²) in [7, 11) is 4.03. The SMILES string of the molecule is CC(C)c1ccc(CC(C)(N)N(C)C)cc1. The number of hydrogen-bond acceptors (Lipinski definition) is 2. The van der Waals surface area contributed by atoms with E-state index in [-0.39, 0.29) is 5.66 Å². The topological polar surface area (TPSA) is 29.3 Å².